The third kappa shape index (κ3) is 3.10. The van der Waals surface area contributed by atoms with Crippen molar-refractivity contribution in [1.82, 2.24) is 9.97 Å². The first-order valence-corrected chi connectivity index (χ1v) is 6.73. The molecule has 1 unspecified atom stereocenters. The van der Waals surface area contributed by atoms with Gasteiger partial charge in [0, 0.05) is 13.1 Å². The second kappa shape index (κ2) is 5.80. The highest BCUT2D eigenvalue weighted by atomic mass is 16.5. The molecule has 2 rings (SSSR count). The molecular weight excluding hydrogens is 260 g/mol. The van der Waals surface area contributed by atoms with Crippen LogP contribution in [0.25, 0.3) is 0 Å². The predicted octanol–water partition coefficient (Wildman–Crippen LogP) is 0.434. The molecule has 2 heterocycles. The van der Waals surface area contributed by atoms with Crippen molar-refractivity contribution in [3.8, 4) is 5.88 Å². The fourth-order valence-corrected chi connectivity index (χ4v) is 2.43. The van der Waals surface area contributed by atoms with Gasteiger partial charge in [-0.1, -0.05) is 0 Å². The maximum absolute atomic E-state index is 9.36. The first-order valence-electron chi connectivity index (χ1n) is 6.73. The number of nitrogens with zero attached hydrogens (tertiary/aromatic N) is 3. The van der Waals surface area contributed by atoms with Crippen molar-refractivity contribution in [3.63, 3.8) is 0 Å². The average molecular weight is 282 g/mol. The van der Waals surface area contributed by atoms with E-state index in [0.717, 1.165) is 0 Å². The fourth-order valence-electron chi connectivity index (χ4n) is 2.43. The Balaban J connectivity index is 2.28. The van der Waals surface area contributed by atoms with Gasteiger partial charge in [-0.3, -0.25) is 0 Å². The maximum Gasteiger partial charge on any atom is 0.242 e. The van der Waals surface area contributed by atoms with Gasteiger partial charge in [-0.2, -0.15) is 4.98 Å². The van der Waals surface area contributed by atoms with Crippen LogP contribution in [-0.2, 0) is 4.74 Å². The van der Waals surface area contributed by atoms with E-state index >= 15 is 0 Å². The number of nitrogen functional groups attached to an aromatic ring is 1. The fraction of sp³-hybridized carbons (Fsp3) is 0.692. The number of aliphatic hydroxyl groups excluding tert-OH is 1. The number of aliphatic hydroxyl groups is 1. The summed E-state index contributed by atoms with van der Waals surface area (Å²) in [6, 6.07) is 0. The van der Waals surface area contributed by atoms with E-state index in [0.29, 0.717) is 37.1 Å². The Morgan fingerprint density at radius 3 is 2.95 bits per heavy atom. The van der Waals surface area contributed by atoms with Crippen LogP contribution in [0.4, 0.5) is 11.5 Å². The van der Waals surface area contributed by atoms with Gasteiger partial charge in [0.2, 0.25) is 5.88 Å². The van der Waals surface area contributed by atoms with Crippen LogP contribution in [0.2, 0.25) is 0 Å². The number of morpholine rings is 1. The summed E-state index contributed by atoms with van der Waals surface area (Å²) < 4.78 is 11.2. The topological polar surface area (TPSA) is 93.7 Å². The van der Waals surface area contributed by atoms with Crippen LogP contribution in [0.5, 0.6) is 5.88 Å². The summed E-state index contributed by atoms with van der Waals surface area (Å²) >= 11 is 0. The molecule has 0 bridgehead atoms. The van der Waals surface area contributed by atoms with Gasteiger partial charge < -0.3 is 25.2 Å². The second-order valence-electron chi connectivity index (χ2n) is 5.41. The van der Waals surface area contributed by atoms with Crippen molar-refractivity contribution in [2.24, 2.45) is 0 Å². The second-order valence-corrected chi connectivity index (χ2v) is 5.41. The Kier molecular flexibility index (Phi) is 4.29. The van der Waals surface area contributed by atoms with E-state index in [1.165, 1.54) is 6.33 Å². The van der Waals surface area contributed by atoms with E-state index in [9.17, 15) is 5.11 Å². The third-order valence-electron chi connectivity index (χ3n) is 3.09. The van der Waals surface area contributed by atoms with Gasteiger partial charge >= 0.3 is 0 Å². The molecule has 0 radical (unpaired) electrons. The number of rotatable bonds is 4. The Hall–Kier alpha value is -1.60. The number of anilines is 2. The van der Waals surface area contributed by atoms with E-state index in [4.69, 9.17) is 15.2 Å². The first-order chi connectivity index (χ1) is 9.46. The molecule has 7 heteroatoms. The average Bonchev–Trinajstić information content (AvgIpc) is 2.39. The molecule has 1 aromatic heterocycles. The molecule has 0 aromatic carbocycles. The van der Waals surface area contributed by atoms with E-state index in [1.54, 1.807) is 0 Å². The Morgan fingerprint density at radius 2 is 2.30 bits per heavy atom. The van der Waals surface area contributed by atoms with Crippen LogP contribution < -0.4 is 15.4 Å². The Morgan fingerprint density at radius 1 is 1.55 bits per heavy atom. The van der Waals surface area contributed by atoms with E-state index in [1.807, 2.05) is 25.7 Å². The van der Waals surface area contributed by atoms with Crippen LogP contribution >= 0.6 is 0 Å². The smallest absolute Gasteiger partial charge is 0.242 e. The minimum atomic E-state index is -0.380. The van der Waals surface area contributed by atoms with Gasteiger partial charge in [-0.25, -0.2) is 4.98 Å². The van der Waals surface area contributed by atoms with Crippen LogP contribution in [-0.4, -0.2) is 53.1 Å². The van der Waals surface area contributed by atoms with E-state index < -0.39 is 0 Å². The Labute approximate surface area is 118 Å². The lowest BCUT2D eigenvalue weighted by molar-refractivity contribution is -0.101. The molecular formula is C13H22N4O3. The van der Waals surface area contributed by atoms with E-state index in [2.05, 4.69) is 9.97 Å². The van der Waals surface area contributed by atoms with E-state index in [-0.39, 0.29) is 18.3 Å². The minimum absolute atomic E-state index is 0.0385. The zero-order chi connectivity index (χ0) is 14.8. The highest BCUT2D eigenvalue weighted by molar-refractivity contribution is 5.68. The largest absolute Gasteiger partial charge is 0.476 e. The first kappa shape index (κ1) is 14.8. The van der Waals surface area contributed by atoms with Crippen LogP contribution in [0.15, 0.2) is 6.33 Å². The maximum atomic E-state index is 9.36. The summed E-state index contributed by atoms with van der Waals surface area (Å²) in [4.78, 5) is 10.3. The molecule has 1 aliphatic rings. The number of nitrogens with two attached hydrogens (primary N) is 1. The predicted molar refractivity (Wildman–Crippen MR) is 75.9 cm³/mol. The van der Waals surface area contributed by atoms with Crippen LogP contribution in [0, 0.1) is 0 Å². The standard InChI is InChI=1S/C13H22N4O3/c1-4-19-12-10(14)11(15-8-16-12)17-5-9(6-18)20-13(2,3)7-17/h8-9,18H,4-7,14H2,1-3H3. The molecule has 1 aromatic rings. The van der Waals surface area contributed by atoms with Gasteiger partial charge in [0.1, 0.15) is 12.0 Å². The molecule has 1 fully saturated rings. The lowest BCUT2D eigenvalue weighted by Gasteiger charge is -2.43. The third-order valence-corrected chi connectivity index (χ3v) is 3.09. The van der Waals surface area contributed by atoms with Gasteiger partial charge in [0.05, 0.1) is 24.9 Å². The zero-order valence-electron chi connectivity index (χ0n) is 12.2. The summed E-state index contributed by atoms with van der Waals surface area (Å²) in [6.45, 7) is 7.45. The highest BCUT2D eigenvalue weighted by Crippen LogP contribution is 2.32. The molecule has 3 N–H and O–H groups in total. The minimum Gasteiger partial charge on any atom is -0.476 e. The molecule has 112 valence electrons. The highest BCUT2D eigenvalue weighted by Gasteiger charge is 2.34. The summed E-state index contributed by atoms with van der Waals surface area (Å²) in [5.41, 5.74) is 6.12. The summed E-state index contributed by atoms with van der Waals surface area (Å²) in [5.74, 6) is 1.01. The SMILES string of the molecule is CCOc1ncnc(N2CC(CO)OC(C)(C)C2)c1N. The molecule has 20 heavy (non-hydrogen) atoms. The quantitative estimate of drug-likeness (QED) is 0.827. The Bertz CT molecular complexity index is 467. The van der Waals surface area contributed by atoms with Crippen molar-refractivity contribution in [1.29, 1.82) is 0 Å². The van der Waals surface area contributed by atoms with Crippen LogP contribution in [0.3, 0.4) is 0 Å². The molecule has 0 saturated carbocycles. The molecule has 0 spiro atoms. The summed E-state index contributed by atoms with van der Waals surface area (Å²) in [6.07, 6.45) is 1.18. The summed E-state index contributed by atoms with van der Waals surface area (Å²) in [7, 11) is 0. The number of aromatic nitrogens is 2. The molecule has 0 amide bonds. The molecule has 1 saturated heterocycles. The summed E-state index contributed by atoms with van der Waals surface area (Å²) in [5, 5.41) is 9.36. The van der Waals surface area contributed by atoms with Crippen LogP contribution in [0.1, 0.15) is 20.8 Å². The lowest BCUT2D eigenvalue weighted by atomic mass is 10.1. The number of hydrogen-bond donors (Lipinski definition) is 2. The van der Waals surface area contributed by atoms with Gasteiger partial charge in [-0.05, 0) is 20.8 Å². The normalized spacial score (nSPS) is 21.8. The molecule has 1 aliphatic heterocycles. The van der Waals surface area contributed by atoms with Crippen molar-refractivity contribution in [3.05, 3.63) is 6.33 Å². The van der Waals surface area contributed by atoms with Crippen molar-refractivity contribution in [2.75, 3.05) is 36.9 Å². The van der Waals surface area contributed by atoms with Crippen molar-refractivity contribution in [2.45, 2.75) is 32.5 Å². The number of ether oxygens (including phenoxy) is 2. The molecule has 1 atom stereocenters. The van der Waals surface area contributed by atoms with Gasteiger partial charge in [0.15, 0.2) is 5.82 Å². The monoisotopic (exact) mass is 282 g/mol. The molecule has 7 nitrogen and oxygen atoms in total. The van der Waals surface area contributed by atoms with Gasteiger partial charge in [0.25, 0.3) is 0 Å². The zero-order valence-corrected chi connectivity index (χ0v) is 12.2. The van der Waals surface area contributed by atoms with Crippen molar-refractivity contribution >= 4 is 11.5 Å². The molecule has 0 aliphatic carbocycles. The lowest BCUT2D eigenvalue weighted by Crippen LogP contribution is -2.54. The van der Waals surface area contributed by atoms with Gasteiger partial charge in [-0.15, -0.1) is 0 Å². The number of hydrogen-bond acceptors (Lipinski definition) is 7. The van der Waals surface area contributed by atoms with Crippen molar-refractivity contribution < 1.29 is 14.6 Å².